The molecule has 1 atom stereocenters. The van der Waals surface area contributed by atoms with Crippen molar-refractivity contribution in [2.45, 2.75) is 13.0 Å². The van der Waals surface area contributed by atoms with Gasteiger partial charge in [-0.2, -0.15) is 0 Å². The molecule has 0 bridgehead atoms. The molecular formula is C15H14N2O2. The fourth-order valence-electron chi connectivity index (χ4n) is 2.23. The summed E-state index contributed by atoms with van der Waals surface area (Å²) in [5.74, 6) is -0.138. The third-order valence-corrected chi connectivity index (χ3v) is 3.22. The van der Waals surface area contributed by atoms with Crippen LogP contribution in [0.5, 0.6) is 0 Å². The van der Waals surface area contributed by atoms with E-state index in [2.05, 4.69) is 10.5 Å². The fraction of sp³-hybridized carbons (Fsp3) is 0.200. The Balaban J connectivity index is 1.68. The Morgan fingerprint density at radius 3 is 3.00 bits per heavy atom. The van der Waals surface area contributed by atoms with Crippen molar-refractivity contribution < 1.29 is 9.63 Å². The molecule has 4 heteroatoms. The summed E-state index contributed by atoms with van der Waals surface area (Å²) in [6, 6.07) is 9.76. The van der Waals surface area contributed by atoms with Gasteiger partial charge in [-0.15, -0.1) is 0 Å². The number of allylic oxidation sites excluding steroid dienone is 4. The molecule has 1 aliphatic heterocycles. The van der Waals surface area contributed by atoms with Crippen LogP contribution < -0.4 is 5.32 Å². The zero-order chi connectivity index (χ0) is 13.1. The van der Waals surface area contributed by atoms with Crippen molar-refractivity contribution in [2.24, 2.45) is 11.1 Å². The van der Waals surface area contributed by atoms with Gasteiger partial charge in [-0.25, -0.2) is 0 Å². The average molecular weight is 254 g/mol. The van der Waals surface area contributed by atoms with Crippen LogP contribution in [0.2, 0.25) is 0 Å². The van der Waals surface area contributed by atoms with Crippen molar-refractivity contribution in [1.29, 1.82) is 0 Å². The summed E-state index contributed by atoms with van der Waals surface area (Å²) in [5.41, 5.74) is 2.41. The quantitative estimate of drug-likeness (QED) is 0.840. The molecule has 1 fully saturated rings. The van der Waals surface area contributed by atoms with Gasteiger partial charge in [0.1, 0.15) is 6.61 Å². The molecule has 2 aliphatic rings. The van der Waals surface area contributed by atoms with Gasteiger partial charge in [0.05, 0.1) is 5.92 Å². The van der Waals surface area contributed by atoms with Gasteiger partial charge in [0, 0.05) is 5.70 Å². The summed E-state index contributed by atoms with van der Waals surface area (Å²) < 4.78 is 0. The number of hydrogen-bond acceptors (Lipinski definition) is 3. The summed E-state index contributed by atoms with van der Waals surface area (Å²) in [7, 11) is 0. The normalized spacial score (nSPS) is 22.9. The van der Waals surface area contributed by atoms with Crippen LogP contribution in [-0.2, 0) is 16.2 Å². The van der Waals surface area contributed by atoms with Crippen LogP contribution in [0, 0.1) is 5.92 Å². The highest BCUT2D eigenvalue weighted by Crippen LogP contribution is 2.25. The monoisotopic (exact) mass is 254 g/mol. The van der Waals surface area contributed by atoms with E-state index in [0.29, 0.717) is 12.3 Å². The molecule has 1 aromatic rings. The van der Waals surface area contributed by atoms with Gasteiger partial charge < -0.3 is 10.2 Å². The fourth-order valence-corrected chi connectivity index (χ4v) is 2.23. The molecule has 1 aliphatic carbocycles. The Morgan fingerprint density at radius 2 is 2.16 bits per heavy atom. The first-order valence-corrected chi connectivity index (χ1v) is 6.26. The Bertz CT molecular complexity index is 573. The summed E-state index contributed by atoms with van der Waals surface area (Å²) >= 11 is 0. The summed E-state index contributed by atoms with van der Waals surface area (Å²) in [4.78, 5) is 17.1. The van der Waals surface area contributed by atoms with Crippen LogP contribution >= 0.6 is 0 Å². The number of oxime groups is 1. The van der Waals surface area contributed by atoms with Crippen LogP contribution in [0.1, 0.15) is 12.0 Å². The van der Waals surface area contributed by atoms with Gasteiger partial charge in [-0.05, 0) is 18.1 Å². The topological polar surface area (TPSA) is 50.7 Å². The van der Waals surface area contributed by atoms with Gasteiger partial charge >= 0.3 is 0 Å². The molecule has 1 saturated heterocycles. The molecule has 0 aromatic heterocycles. The third kappa shape index (κ3) is 2.42. The summed E-state index contributed by atoms with van der Waals surface area (Å²) in [6.07, 6.45) is 6.67. The minimum absolute atomic E-state index is 0.0215. The summed E-state index contributed by atoms with van der Waals surface area (Å²) in [5, 5.41) is 6.83. The smallest absolute Gasteiger partial charge is 0.273 e. The lowest BCUT2D eigenvalue weighted by Crippen LogP contribution is -2.19. The second-order valence-electron chi connectivity index (χ2n) is 4.53. The van der Waals surface area contributed by atoms with Gasteiger partial charge in [0.15, 0.2) is 5.71 Å². The first kappa shape index (κ1) is 11.7. The zero-order valence-corrected chi connectivity index (χ0v) is 10.4. The first-order valence-electron chi connectivity index (χ1n) is 6.26. The highest BCUT2D eigenvalue weighted by Gasteiger charge is 2.35. The maximum Gasteiger partial charge on any atom is 0.273 e. The van der Waals surface area contributed by atoms with E-state index in [1.807, 2.05) is 48.6 Å². The molecule has 1 amide bonds. The predicted octanol–water partition coefficient (Wildman–Crippen LogP) is 2.15. The number of rotatable bonds is 3. The van der Waals surface area contributed by atoms with E-state index in [4.69, 9.17) is 4.84 Å². The third-order valence-electron chi connectivity index (χ3n) is 3.22. The van der Waals surface area contributed by atoms with E-state index in [1.54, 1.807) is 0 Å². The van der Waals surface area contributed by atoms with Crippen molar-refractivity contribution in [3.63, 3.8) is 0 Å². The maximum absolute atomic E-state index is 11.8. The van der Waals surface area contributed by atoms with Crippen molar-refractivity contribution in [1.82, 2.24) is 5.32 Å². The molecule has 0 spiro atoms. The summed E-state index contributed by atoms with van der Waals surface area (Å²) in [6.45, 7) is 0.374. The van der Waals surface area contributed by atoms with Gasteiger partial charge in [-0.1, -0.05) is 47.6 Å². The van der Waals surface area contributed by atoms with E-state index in [-0.39, 0.29) is 11.8 Å². The van der Waals surface area contributed by atoms with E-state index >= 15 is 0 Å². The van der Waals surface area contributed by atoms with Crippen molar-refractivity contribution >= 4 is 11.6 Å². The van der Waals surface area contributed by atoms with Crippen LogP contribution in [-0.4, -0.2) is 11.6 Å². The molecule has 4 nitrogen and oxygen atoms in total. The highest BCUT2D eigenvalue weighted by atomic mass is 16.6. The minimum Gasteiger partial charge on any atom is -0.391 e. The maximum atomic E-state index is 11.8. The number of hydrogen-bond donors (Lipinski definition) is 1. The molecule has 19 heavy (non-hydrogen) atoms. The van der Waals surface area contributed by atoms with Crippen molar-refractivity contribution in [3.05, 3.63) is 59.8 Å². The Labute approximate surface area is 111 Å². The molecule has 1 aromatic carbocycles. The van der Waals surface area contributed by atoms with E-state index in [1.165, 1.54) is 0 Å². The highest BCUT2D eigenvalue weighted by molar-refractivity contribution is 6.43. The van der Waals surface area contributed by atoms with E-state index < -0.39 is 0 Å². The van der Waals surface area contributed by atoms with Crippen molar-refractivity contribution in [2.75, 3.05) is 0 Å². The Morgan fingerprint density at radius 1 is 1.32 bits per heavy atom. The lowest BCUT2D eigenvalue weighted by atomic mass is 9.96. The number of nitrogens with one attached hydrogen (secondary N) is 1. The molecule has 1 unspecified atom stereocenters. The molecule has 0 saturated carbocycles. The number of carbonyl (C=O) groups is 1. The molecule has 96 valence electrons. The molecule has 3 rings (SSSR count). The minimum atomic E-state index is -0.159. The number of fused-ring (bicyclic) bond motifs is 1. The SMILES string of the molecule is O=C1NC2=CC=CCC2C1=NOCc1ccccc1. The van der Waals surface area contributed by atoms with E-state index in [9.17, 15) is 4.79 Å². The average Bonchev–Trinajstić information content (AvgIpc) is 2.76. The number of carbonyl (C=O) groups excluding carboxylic acids is 1. The van der Waals surface area contributed by atoms with Crippen LogP contribution in [0.3, 0.4) is 0 Å². The zero-order valence-electron chi connectivity index (χ0n) is 10.4. The van der Waals surface area contributed by atoms with Crippen LogP contribution in [0.4, 0.5) is 0 Å². The molecule has 1 heterocycles. The number of benzene rings is 1. The number of nitrogens with zero attached hydrogens (tertiary/aromatic N) is 1. The number of amides is 1. The van der Waals surface area contributed by atoms with Crippen LogP contribution in [0.25, 0.3) is 0 Å². The molecule has 0 radical (unpaired) electrons. The van der Waals surface area contributed by atoms with Gasteiger partial charge in [-0.3, -0.25) is 4.79 Å². The second-order valence-corrected chi connectivity index (χ2v) is 4.53. The lowest BCUT2D eigenvalue weighted by molar-refractivity contribution is -0.113. The Hall–Kier alpha value is -2.36. The second kappa shape index (κ2) is 5.10. The molecule has 1 N–H and O–H groups in total. The largest absolute Gasteiger partial charge is 0.391 e. The van der Waals surface area contributed by atoms with E-state index in [0.717, 1.165) is 17.7 Å². The standard InChI is InChI=1S/C15H14N2O2/c18-15-14(12-8-4-5-9-13(12)16-15)17-19-10-11-6-2-1-3-7-11/h1-7,9,12H,8,10H2,(H,16,18). The molecular weight excluding hydrogens is 240 g/mol. The van der Waals surface area contributed by atoms with Crippen molar-refractivity contribution in [3.8, 4) is 0 Å². The predicted molar refractivity (Wildman–Crippen MR) is 72.1 cm³/mol. The first-order chi connectivity index (χ1) is 9.34. The van der Waals surface area contributed by atoms with Crippen LogP contribution in [0.15, 0.2) is 59.4 Å². The lowest BCUT2D eigenvalue weighted by Gasteiger charge is -2.10. The Kier molecular flexibility index (Phi) is 3.14. The van der Waals surface area contributed by atoms with Gasteiger partial charge in [0.25, 0.3) is 5.91 Å². The van der Waals surface area contributed by atoms with Gasteiger partial charge in [0.2, 0.25) is 0 Å².